The number of hydrogen-bond acceptors (Lipinski definition) is 2. The normalized spacial score (nSPS) is 17.9. The van der Waals surface area contributed by atoms with Gasteiger partial charge in [0.15, 0.2) is 5.78 Å². The molecule has 0 spiro atoms. The molecule has 2 aromatic rings. The molecule has 0 bridgehead atoms. The van der Waals surface area contributed by atoms with E-state index in [1.165, 1.54) is 0 Å². The molecule has 0 radical (unpaired) electrons. The second-order valence-corrected chi connectivity index (χ2v) is 5.83. The van der Waals surface area contributed by atoms with Gasteiger partial charge in [0, 0.05) is 16.6 Å². The van der Waals surface area contributed by atoms with Gasteiger partial charge in [0.2, 0.25) is 0 Å². The third-order valence-electron chi connectivity index (χ3n) is 4.19. The Morgan fingerprint density at radius 3 is 2.29 bits per heavy atom. The van der Waals surface area contributed by atoms with Crippen LogP contribution < -0.4 is 4.74 Å². The predicted molar refractivity (Wildman–Crippen MR) is 84.8 cm³/mol. The SMILES string of the molecule is COc1ccc(/C=C2/C(=O)c3ccccc3C2(C)C)cc1. The Bertz CT molecular complexity index is 721. The van der Waals surface area contributed by atoms with Crippen LogP contribution in [0.3, 0.4) is 0 Å². The summed E-state index contributed by atoms with van der Waals surface area (Å²) in [5.74, 6) is 0.948. The molecule has 0 atom stereocenters. The zero-order valence-corrected chi connectivity index (χ0v) is 12.5. The molecule has 1 aliphatic rings. The van der Waals surface area contributed by atoms with Crippen molar-refractivity contribution in [2.45, 2.75) is 19.3 Å². The van der Waals surface area contributed by atoms with Crippen LogP contribution in [-0.4, -0.2) is 12.9 Å². The summed E-state index contributed by atoms with van der Waals surface area (Å²) in [6.45, 7) is 4.21. The molecule has 0 aliphatic heterocycles. The second kappa shape index (κ2) is 4.88. The summed E-state index contributed by atoms with van der Waals surface area (Å²) >= 11 is 0. The third-order valence-corrected chi connectivity index (χ3v) is 4.19. The maximum atomic E-state index is 12.6. The predicted octanol–water partition coefficient (Wildman–Crippen LogP) is 4.25. The fourth-order valence-electron chi connectivity index (χ4n) is 2.91. The number of rotatable bonds is 2. The van der Waals surface area contributed by atoms with Crippen LogP contribution in [0, 0.1) is 0 Å². The molecule has 2 nitrogen and oxygen atoms in total. The molecule has 0 aromatic heterocycles. The highest BCUT2D eigenvalue weighted by Gasteiger charge is 2.40. The summed E-state index contributed by atoms with van der Waals surface area (Å²) in [7, 11) is 1.65. The minimum atomic E-state index is -0.256. The lowest BCUT2D eigenvalue weighted by Gasteiger charge is -2.20. The molecule has 0 N–H and O–H groups in total. The number of carbonyl (C=O) groups excluding carboxylic acids is 1. The van der Waals surface area contributed by atoms with Crippen molar-refractivity contribution in [2.75, 3.05) is 7.11 Å². The number of methoxy groups -OCH3 is 1. The van der Waals surface area contributed by atoms with Crippen molar-refractivity contribution < 1.29 is 9.53 Å². The summed E-state index contributed by atoms with van der Waals surface area (Å²) in [6.07, 6.45) is 1.99. The summed E-state index contributed by atoms with van der Waals surface area (Å²) in [5.41, 5.74) is 3.53. The smallest absolute Gasteiger partial charge is 0.190 e. The number of ether oxygens (including phenoxy) is 1. The molecule has 2 heteroatoms. The Morgan fingerprint density at radius 1 is 1.00 bits per heavy atom. The quantitative estimate of drug-likeness (QED) is 0.767. The Morgan fingerprint density at radius 2 is 1.67 bits per heavy atom. The number of Topliss-reactive ketones (excluding diaryl/α,β-unsaturated/α-hetero) is 1. The molecular formula is C19H18O2. The molecule has 2 aromatic carbocycles. The van der Waals surface area contributed by atoms with E-state index in [-0.39, 0.29) is 11.2 Å². The van der Waals surface area contributed by atoms with Crippen molar-refractivity contribution in [3.63, 3.8) is 0 Å². The van der Waals surface area contributed by atoms with E-state index in [1.807, 2.05) is 54.6 Å². The van der Waals surface area contributed by atoms with Gasteiger partial charge < -0.3 is 4.74 Å². The highest BCUT2D eigenvalue weighted by Crippen LogP contribution is 2.43. The maximum Gasteiger partial charge on any atom is 0.190 e. The van der Waals surface area contributed by atoms with Crippen LogP contribution >= 0.6 is 0 Å². The third kappa shape index (κ3) is 2.17. The first-order valence-electron chi connectivity index (χ1n) is 7.04. The Balaban J connectivity index is 2.06. The largest absolute Gasteiger partial charge is 0.497 e. The van der Waals surface area contributed by atoms with Gasteiger partial charge in [-0.3, -0.25) is 4.79 Å². The first-order valence-corrected chi connectivity index (χ1v) is 7.04. The summed E-state index contributed by atoms with van der Waals surface area (Å²) < 4.78 is 5.16. The van der Waals surface area contributed by atoms with Crippen molar-refractivity contribution in [1.29, 1.82) is 0 Å². The highest BCUT2D eigenvalue weighted by molar-refractivity contribution is 6.17. The van der Waals surface area contributed by atoms with Crippen molar-refractivity contribution in [3.8, 4) is 5.75 Å². The molecule has 0 fully saturated rings. The summed E-state index contributed by atoms with van der Waals surface area (Å²) in [6, 6.07) is 15.6. The van der Waals surface area contributed by atoms with E-state index in [1.54, 1.807) is 7.11 Å². The number of ketones is 1. The number of fused-ring (bicyclic) bond motifs is 1. The van der Waals surface area contributed by atoms with Gasteiger partial charge in [-0.05, 0) is 29.3 Å². The van der Waals surface area contributed by atoms with Gasteiger partial charge in [-0.15, -0.1) is 0 Å². The van der Waals surface area contributed by atoms with E-state index in [2.05, 4.69) is 13.8 Å². The van der Waals surface area contributed by atoms with Gasteiger partial charge in [-0.1, -0.05) is 50.2 Å². The standard InChI is InChI=1S/C19H18O2/c1-19(2)16-7-5-4-6-15(16)18(20)17(19)12-13-8-10-14(21-3)11-9-13/h4-12H,1-3H3/b17-12-. The number of hydrogen-bond donors (Lipinski definition) is 0. The molecule has 0 amide bonds. The molecular weight excluding hydrogens is 260 g/mol. The van der Waals surface area contributed by atoms with Crippen LogP contribution in [0.4, 0.5) is 0 Å². The van der Waals surface area contributed by atoms with Crippen LogP contribution in [0.1, 0.15) is 35.3 Å². The second-order valence-electron chi connectivity index (χ2n) is 5.83. The highest BCUT2D eigenvalue weighted by atomic mass is 16.5. The average Bonchev–Trinajstić information content (AvgIpc) is 2.70. The van der Waals surface area contributed by atoms with E-state index < -0.39 is 0 Å². The van der Waals surface area contributed by atoms with Crippen LogP contribution in [-0.2, 0) is 5.41 Å². The van der Waals surface area contributed by atoms with E-state index in [0.717, 1.165) is 28.0 Å². The minimum absolute atomic E-state index is 0.131. The van der Waals surface area contributed by atoms with E-state index in [9.17, 15) is 4.79 Å². The van der Waals surface area contributed by atoms with Gasteiger partial charge in [-0.25, -0.2) is 0 Å². The Labute approximate surface area is 125 Å². The lowest BCUT2D eigenvalue weighted by molar-refractivity contribution is 0.103. The number of carbonyl (C=O) groups is 1. The first kappa shape index (κ1) is 13.6. The zero-order chi connectivity index (χ0) is 15.0. The summed E-state index contributed by atoms with van der Waals surface area (Å²) in [4.78, 5) is 12.6. The first-order chi connectivity index (χ1) is 10.0. The molecule has 0 saturated carbocycles. The van der Waals surface area contributed by atoms with Crippen LogP contribution in [0.15, 0.2) is 54.1 Å². The maximum absolute atomic E-state index is 12.6. The Hall–Kier alpha value is -2.35. The van der Waals surface area contributed by atoms with Crippen molar-refractivity contribution in [1.82, 2.24) is 0 Å². The Kier molecular flexibility index (Phi) is 3.17. The molecule has 0 unspecified atom stereocenters. The van der Waals surface area contributed by atoms with Gasteiger partial charge >= 0.3 is 0 Å². The van der Waals surface area contributed by atoms with Crippen LogP contribution in [0.2, 0.25) is 0 Å². The fraction of sp³-hybridized carbons (Fsp3) is 0.211. The van der Waals surface area contributed by atoms with Crippen molar-refractivity contribution >= 4 is 11.9 Å². The summed E-state index contributed by atoms with van der Waals surface area (Å²) in [5, 5.41) is 0. The van der Waals surface area contributed by atoms with Crippen LogP contribution in [0.25, 0.3) is 6.08 Å². The minimum Gasteiger partial charge on any atom is -0.497 e. The molecule has 1 aliphatic carbocycles. The average molecular weight is 278 g/mol. The van der Waals surface area contributed by atoms with E-state index in [4.69, 9.17) is 4.74 Å². The molecule has 21 heavy (non-hydrogen) atoms. The topological polar surface area (TPSA) is 26.3 Å². The number of allylic oxidation sites excluding steroid dienone is 1. The molecule has 0 saturated heterocycles. The zero-order valence-electron chi connectivity index (χ0n) is 12.5. The molecule has 106 valence electrons. The van der Waals surface area contributed by atoms with Gasteiger partial charge in [0.1, 0.15) is 5.75 Å². The van der Waals surface area contributed by atoms with Gasteiger partial charge in [-0.2, -0.15) is 0 Å². The molecule has 0 heterocycles. The van der Waals surface area contributed by atoms with E-state index in [0.29, 0.717) is 0 Å². The lowest BCUT2D eigenvalue weighted by Crippen LogP contribution is -2.16. The van der Waals surface area contributed by atoms with Crippen molar-refractivity contribution in [2.24, 2.45) is 0 Å². The van der Waals surface area contributed by atoms with Gasteiger partial charge in [0.05, 0.1) is 7.11 Å². The monoisotopic (exact) mass is 278 g/mol. The van der Waals surface area contributed by atoms with Crippen molar-refractivity contribution in [3.05, 3.63) is 70.8 Å². The van der Waals surface area contributed by atoms with Crippen LogP contribution in [0.5, 0.6) is 5.75 Å². The van der Waals surface area contributed by atoms with Gasteiger partial charge in [0.25, 0.3) is 0 Å². The van der Waals surface area contributed by atoms with E-state index >= 15 is 0 Å². The lowest BCUT2D eigenvalue weighted by atomic mass is 9.82. The molecule has 3 rings (SSSR count). The fourth-order valence-corrected chi connectivity index (χ4v) is 2.91. The number of benzene rings is 2.